The summed E-state index contributed by atoms with van der Waals surface area (Å²) in [5, 5.41) is 3.19. The third-order valence-electron chi connectivity index (χ3n) is 7.86. The zero-order valence-corrected chi connectivity index (χ0v) is 22.2. The molecule has 1 N–H and O–H groups in total. The third kappa shape index (κ3) is 5.32. The van der Waals surface area contributed by atoms with E-state index in [1.165, 1.54) is 0 Å². The summed E-state index contributed by atoms with van der Waals surface area (Å²) in [7, 11) is 3.15. The minimum Gasteiger partial charge on any atom is -0.493 e. The monoisotopic (exact) mass is 514 g/mol. The SMILES string of the molecule is COc1cc(C)c(C(=O)NC2CC3(CCN(C(=O)c4ccc(Oc5ccccc5)cc4)CC3)C2)cc1OC. The Balaban J connectivity index is 1.11. The van der Waals surface area contributed by atoms with Crippen LogP contribution < -0.4 is 19.5 Å². The number of carbonyl (C=O) groups is 2. The maximum Gasteiger partial charge on any atom is 0.253 e. The summed E-state index contributed by atoms with van der Waals surface area (Å²) in [6.45, 7) is 3.36. The molecule has 0 radical (unpaired) electrons. The number of likely N-dealkylation sites (tertiary alicyclic amines) is 1. The second-order valence-electron chi connectivity index (χ2n) is 10.3. The molecule has 1 heterocycles. The number of hydrogen-bond donors (Lipinski definition) is 1. The summed E-state index contributed by atoms with van der Waals surface area (Å²) in [6, 6.07) is 20.6. The quantitative estimate of drug-likeness (QED) is 0.443. The van der Waals surface area contributed by atoms with Crippen LogP contribution in [-0.4, -0.2) is 50.1 Å². The van der Waals surface area contributed by atoms with Crippen LogP contribution in [0.5, 0.6) is 23.0 Å². The summed E-state index contributed by atoms with van der Waals surface area (Å²) in [4.78, 5) is 28.0. The van der Waals surface area contributed by atoms with Crippen LogP contribution in [0.2, 0.25) is 0 Å². The smallest absolute Gasteiger partial charge is 0.253 e. The van der Waals surface area contributed by atoms with Crippen molar-refractivity contribution in [3.63, 3.8) is 0 Å². The van der Waals surface area contributed by atoms with Crippen molar-refractivity contribution in [2.45, 2.75) is 38.6 Å². The van der Waals surface area contributed by atoms with Crippen molar-refractivity contribution in [3.8, 4) is 23.0 Å². The number of carbonyl (C=O) groups excluding carboxylic acids is 2. The molecule has 7 heteroatoms. The largest absolute Gasteiger partial charge is 0.493 e. The Morgan fingerprint density at radius 1 is 0.868 bits per heavy atom. The molecular formula is C31H34N2O5. The number of amides is 2. The number of benzene rings is 3. The number of piperidine rings is 1. The summed E-state index contributed by atoms with van der Waals surface area (Å²) in [5.41, 5.74) is 2.32. The van der Waals surface area contributed by atoms with Crippen LogP contribution in [0.25, 0.3) is 0 Å². The first-order chi connectivity index (χ1) is 18.4. The van der Waals surface area contributed by atoms with Gasteiger partial charge in [-0.1, -0.05) is 18.2 Å². The van der Waals surface area contributed by atoms with E-state index in [2.05, 4.69) is 5.32 Å². The summed E-state index contributed by atoms with van der Waals surface area (Å²) >= 11 is 0. The van der Waals surface area contributed by atoms with Gasteiger partial charge in [0, 0.05) is 30.3 Å². The normalized spacial score (nSPS) is 16.4. The fraction of sp³-hybridized carbons (Fsp3) is 0.355. The molecule has 1 aliphatic heterocycles. The van der Waals surface area contributed by atoms with E-state index >= 15 is 0 Å². The van der Waals surface area contributed by atoms with E-state index in [4.69, 9.17) is 14.2 Å². The lowest BCUT2D eigenvalue weighted by Gasteiger charge is -2.52. The molecular weight excluding hydrogens is 480 g/mol. The van der Waals surface area contributed by atoms with Crippen LogP contribution in [-0.2, 0) is 0 Å². The van der Waals surface area contributed by atoms with Crippen molar-refractivity contribution < 1.29 is 23.8 Å². The zero-order chi connectivity index (χ0) is 26.7. The van der Waals surface area contributed by atoms with Gasteiger partial charge in [0.15, 0.2) is 11.5 Å². The Morgan fingerprint density at radius 2 is 1.47 bits per heavy atom. The van der Waals surface area contributed by atoms with Gasteiger partial charge in [-0.05, 0) is 92.1 Å². The van der Waals surface area contributed by atoms with Gasteiger partial charge in [-0.15, -0.1) is 0 Å². The van der Waals surface area contributed by atoms with E-state index < -0.39 is 0 Å². The highest BCUT2D eigenvalue weighted by Gasteiger charge is 2.47. The van der Waals surface area contributed by atoms with Gasteiger partial charge >= 0.3 is 0 Å². The van der Waals surface area contributed by atoms with Crippen molar-refractivity contribution in [1.29, 1.82) is 0 Å². The summed E-state index contributed by atoms with van der Waals surface area (Å²) in [5.74, 6) is 2.60. The van der Waals surface area contributed by atoms with Crippen LogP contribution >= 0.6 is 0 Å². The van der Waals surface area contributed by atoms with Crippen molar-refractivity contribution in [2.75, 3.05) is 27.3 Å². The lowest BCUT2D eigenvalue weighted by Crippen LogP contribution is -2.55. The van der Waals surface area contributed by atoms with E-state index in [0.717, 1.165) is 50.1 Å². The molecule has 1 aliphatic carbocycles. The van der Waals surface area contributed by atoms with Crippen molar-refractivity contribution in [1.82, 2.24) is 10.2 Å². The standard InChI is InChI=1S/C31H34N2O5/c1-21-17-27(36-2)28(37-3)18-26(21)29(34)32-23-19-31(20-23)13-15-33(16-14-31)30(35)22-9-11-25(12-10-22)38-24-7-5-4-6-8-24/h4-12,17-18,23H,13-16,19-20H2,1-3H3,(H,32,34). The molecule has 0 aromatic heterocycles. The van der Waals surface area contributed by atoms with E-state index in [9.17, 15) is 9.59 Å². The minimum atomic E-state index is -0.0874. The molecule has 5 rings (SSSR count). The average molecular weight is 515 g/mol. The van der Waals surface area contributed by atoms with Gasteiger partial charge in [-0.25, -0.2) is 0 Å². The fourth-order valence-corrected chi connectivity index (χ4v) is 5.64. The first-order valence-electron chi connectivity index (χ1n) is 13.1. The molecule has 2 aliphatic rings. The zero-order valence-electron chi connectivity index (χ0n) is 22.2. The number of hydrogen-bond acceptors (Lipinski definition) is 5. The molecule has 198 valence electrons. The number of methoxy groups -OCH3 is 2. The van der Waals surface area contributed by atoms with Crippen LogP contribution in [0.1, 0.15) is 52.0 Å². The maximum atomic E-state index is 13.1. The molecule has 1 saturated heterocycles. The van der Waals surface area contributed by atoms with Crippen LogP contribution in [0.15, 0.2) is 66.7 Å². The molecule has 7 nitrogen and oxygen atoms in total. The number of ether oxygens (including phenoxy) is 3. The molecule has 3 aromatic carbocycles. The number of para-hydroxylation sites is 1. The van der Waals surface area contributed by atoms with Gasteiger partial charge in [0.2, 0.25) is 0 Å². The molecule has 0 unspecified atom stereocenters. The third-order valence-corrected chi connectivity index (χ3v) is 7.86. The predicted octanol–water partition coefficient (Wildman–Crippen LogP) is 5.62. The fourth-order valence-electron chi connectivity index (χ4n) is 5.64. The number of nitrogens with one attached hydrogen (secondary N) is 1. The second-order valence-corrected chi connectivity index (χ2v) is 10.3. The summed E-state index contributed by atoms with van der Waals surface area (Å²) < 4.78 is 16.5. The number of aryl methyl sites for hydroxylation is 1. The number of nitrogens with zero attached hydrogens (tertiary/aromatic N) is 1. The van der Waals surface area contributed by atoms with Crippen LogP contribution in [0.3, 0.4) is 0 Å². The lowest BCUT2D eigenvalue weighted by atomic mass is 9.60. The van der Waals surface area contributed by atoms with E-state index in [1.807, 2.05) is 72.5 Å². The molecule has 2 fully saturated rings. The van der Waals surface area contributed by atoms with E-state index in [0.29, 0.717) is 28.4 Å². The van der Waals surface area contributed by atoms with Crippen molar-refractivity contribution in [2.24, 2.45) is 5.41 Å². The Kier molecular flexibility index (Phi) is 7.27. The van der Waals surface area contributed by atoms with Crippen LogP contribution in [0.4, 0.5) is 0 Å². The topological polar surface area (TPSA) is 77.1 Å². The maximum absolute atomic E-state index is 13.1. The van der Waals surface area contributed by atoms with Gasteiger partial charge in [-0.2, -0.15) is 0 Å². The first-order valence-corrected chi connectivity index (χ1v) is 13.1. The van der Waals surface area contributed by atoms with Crippen molar-refractivity contribution >= 4 is 11.8 Å². The Bertz CT molecular complexity index is 1290. The second kappa shape index (κ2) is 10.8. The number of rotatable bonds is 7. The van der Waals surface area contributed by atoms with E-state index in [1.54, 1.807) is 20.3 Å². The predicted molar refractivity (Wildman–Crippen MR) is 145 cm³/mol. The molecule has 3 aromatic rings. The Morgan fingerprint density at radius 3 is 2.11 bits per heavy atom. The highest BCUT2D eigenvalue weighted by Crippen LogP contribution is 2.49. The lowest BCUT2D eigenvalue weighted by molar-refractivity contribution is 0.00863. The highest BCUT2D eigenvalue weighted by molar-refractivity contribution is 5.96. The van der Waals surface area contributed by atoms with E-state index in [-0.39, 0.29) is 23.3 Å². The Labute approximate surface area is 223 Å². The highest BCUT2D eigenvalue weighted by atomic mass is 16.5. The molecule has 0 bridgehead atoms. The minimum absolute atomic E-state index is 0.0548. The molecule has 1 spiro atoms. The van der Waals surface area contributed by atoms with Gasteiger partial charge in [0.05, 0.1) is 14.2 Å². The molecule has 0 atom stereocenters. The Hall–Kier alpha value is -4.00. The summed E-state index contributed by atoms with van der Waals surface area (Å²) in [6.07, 6.45) is 3.79. The first kappa shape index (κ1) is 25.6. The van der Waals surface area contributed by atoms with Crippen molar-refractivity contribution in [3.05, 3.63) is 83.4 Å². The molecule has 38 heavy (non-hydrogen) atoms. The van der Waals surface area contributed by atoms with Gasteiger partial charge in [0.1, 0.15) is 11.5 Å². The van der Waals surface area contributed by atoms with Gasteiger partial charge in [0.25, 0.3) is 11.8 Å². The molecule has 2 amide bonds. The average Bonchev–Trinajstić information content (AvgIpc) is 2.93. The van der Waals surface area contributed by atoms with Crippen LogP contribution in [0, 0.1) is 12.3 Å². The van der Waals surface area contributed by atoms with Gasteiger partial charge in [-0.3, -0.25) is 9.59 Å². The molecule has 1 saturated carbocycles. The van der Waals surface area contributed by atoms with Gasteiger partial charge < -0.3 is 24.4 Å².